The van der Waals surface area contributed by atoms with Crippen molar-refractivity contribution in [3.8, 4) is 0 Å². The lowest BCUT2D eigenvalue weighted by Gasteiger charge is -2.32. The molecule has 104 valence electrons. The summed E-state index contributed by atoms with van der Waals surface area (Å²) >= 11 is 0. The maximum absolute atomic E-state index is 11.5. The van der Waals surface area contributed by atoms with Crippen molar-refractivity contribution in [1.29, 1.82) is 0 Å². The Morgan fingerprint density at radius 2 is 1.50 bits per heavy atom. The van der Waals surface area contributed by atoms with Crippen LogP contribution in [0.15, 0.2) is 12.3 Å². The standard InChI is InChI=1S/C12H23NO4Si/c1-6-16-11(14)9-13(18(4,5)8-3)10-12(15)17-7-2/h8H,3,6-7,9-10H2,1-2,4-5H3. The van der Waals surface area contributed by atoms with Gasteiger partial charge < -0.3 is 14.0 Å². The third-order valence-corrected chi connectivity index (χ3v) is 5.51. The largest absolute Gasteiger partial charge is 0.465 e. The van der Waals surface area contributed by atoms with Crippen molar-refractivity contribution >= 4 is 20.2 Å². The summed E-state index contributed by atoms with van der Waals surface area (Å²) in [4.78, 5) is 23.1. The van der Waals surface area contributed by atoms with Crippen LogP contribution in [-0.4, -0.2) is 51.0 Å². The number of carbonyl (C=O) groups excluding carboxylic acids is 2. The van der Waals surface area contributed by atoms with E-state index in [1.165, 1.54) is 0 Å². The summed E-state index contributed by atoms with van der Waals surface area (Å²) in [7, 11) is -1.99. The number of ether oxygens (including phenoxy) is 2. The molecule has 0 atom stereocenters. The van der Waals surface area contributed by atoms with Gasteiger partial charge in [0.25, 0.3) is 0 Å². The van der Waals surface area contributed by atoms with E-state index < -0.39 is 8.24 Å². The van der Waals surface area contributed by atoms with Gasteiger partial charge in [0.05, 0.1) is 26.3 Å². The fourth-order valence-electron chi connectivity index (χ4n) is 1.32. The smallest absolute Gasteiger partial charge is 0.319 e. The second kappa shape index (κ2) is 8.05. The lowest BCUT2D eigenvalue weighted by Crippen LogP contribution is -2.52. The number of carbonyl (C=O) groups is 2. The molecule has 0 radical (unpaired) electrons. The van der Waals surface area contributed by atoms with E-state index in [1.807, 2.05) is 23.4 Å². The van der Waals surface area contributed by atoms with Crippen molar-refractivity contribution in [2.45, 2.75) is 26.9 Å². The molecule has 18 heavy (non-hydrogen) atoms. The molecule has 0 aromatic heterocycles. The van der Waals surface area contributed by atoms with Gasteiger partial charge in [-0.3, -0.25) is 9.59 Å². The maximum atomic E-state index is 11.5. The molecule has 0 heterocycles. The Labute approximate surface area is 110 Å². The summed E-state index contributed by atoms with van der Waals surface area (Å²) in [5.41, 5.74) is 1.82. The van der Waals surface area contributed by atoms with E-state index in [0.717, 1.165) is 0 Å². The normalized spacial score (nSPS) is 11.2. The third kappa shape index (κ3) is 5.97. The molecule has 0 N–H and O–H groups in total. The highest BCUT2D eigenvalue weighted by molar-refractivity contribution is 6.79. The first-order valence-electron chi connectivity index (χ1n) is 6.07. The molecule has 0 unspecified atom stereocenters. The number of rotatable bonds is 8. The van der Waals surface area contributed by atoms with E-state index in [-0.39, 0.29) is 25.0 Å². The molecule has 6 heteroatoms. The second-order valence-corrected chi connectivity index (χ2v) is 8.67. The van der Waals surface area contributed by atoms with Crippen LogP contribution in [0.2, 0.25) is 13.1 Å². The van der Waals surface area contributed by atoms with Crippen LogP contribution in [0, 0.1) is 0 Å². The molecule has 0 aromatic rings. The fourth-order valence-corrected chi connectivity index (χ4v) is 2.65. The van der Waals surface area contributed by atoms with Gasteiger partial charge in [0, 0.05) is 0 Å². The van der Waals surface area contributed by atoms with Crippen LogP contribution < -0.4 is 0 Å². The van der Waals surface area contributed by atoms with Gasteiger partial charge >= 0.3 is 11.9 Å². The van der Waals surface area contributed by atoms with Crippen molar-refractivity contribution in [2.75, 3.05) is 26.3 Å². The number of esters is 2. The lowest BCUT2D eigenvalue weighted by molar-refractivity contribution is -0.146. The van der Waals surface area contributed by atoms with Gasteiger partial charge in [-0.25, -0.2) is 0 Å². The van der Waals surface area contributed by atoms with E-state index in [9.17, 15) is 9.59 Å². The average molecular weight is 273 g/mol. The van der Waals surface area contributed by atoms with Gasteiger partial charge in [-0.05, 0) is 13.8 Å². The molecule has 5 nitrogen and oxygen atoms in total. The number of hydrogen-bond acceptors (Lipinski definition) is 5. The van der Waals surface area contributed by atoms with E-state index in [0.29, 0.717) is 13.2 Å². The van der Waals surface area contributed by atoms with Crippen LogP contribution in [0.1, 0.15) is 13.8 Å². The van der Waals surface area contributed by atoms with Crippen molar-refractivity contribution < 1.29 is 19.1 Å². The van der Waals surface area contributed by atoms with Crippen molar-refractivity contribution in [2.24, 2.45) is 0 Å². The van der Waals surface area contributed by atoms with Gasteiger partial charge in [-0.15, -0.1) is 6.58 Å². The summed E-state index contributed by atoms with van der Waals surface area (Å²) in [6.07, 6.45) is 0. The molecule has 0 saturated carbocycles. The molecule has 0 aliphatic heterocycles. The highest BCUT2D eigenvalue weighted by Crippen LogP contribution is 2.11. The molecule has 0 aliphatic rings. The second-order valence-electron chi connectivity index (χ2n) is 4.32. The molecule has 0 aromatic carbocycles. The van der Waals surface area contributed by atoms with Gasteiger partial charge in [-0.2, -0.15) is 0 Å². The molecule has 0 fully saturated rings. The summed E-state index contributed by atoms with van der Waals surface area (Å²) < 4.78 is 11.6. The first-order chi connectivity index (χ1) is 8.37. The summed E-state index contributed by atoms with van der Waals surface area (Å²) in [5.74, 6) is -0.659. The predicted octanol–water partition coefficient (Wildman–Crippen LogP) is 1.34. The quantitative estimate of drug-likeness (QED) is 0.493. The highest BCUT2D eigenvalue weighted by Gasteiger charge is 2.30. The van der Waals surface area contributed by atoms with Gasteiger partial charge in [-0.1, -0.05) is 18.8 Å². The highest BCUT2D eigenvalue weighted by atomic mass is 28.3. The zero-order chi connectivity index (χ0) is 14.2. The molecule has 0 spiro atoms. The van der Waals surface area contributed by atoms with E-state index in [4.69, 9.17) is 9.47 Å². The molecule has 0 amide bonds. The Balaban J connectivity index is 4.67. The molecule has 0 aliphatic carbocycles. The van der Waals surface area contributed by atoms with Crippen molar-refractivity contribution in [3.63, 3.8) is 0 Å². The van der Waals surface area contributed by atoms with E-state index in [2.05, 4.69) is 6.58 Å². The Morgan fingerprint density at radius 1 is 1.11 bits per heavy atom. The minimum atomic E-state index is -1.99. The number of hydrogen-bond donors (Lipinski definition) is 0. The minimum absolute atomic E-state index is 0.0951. The lowest BCUT2D eigenvalue weighted by atomic mass is 10.5. The topological polar surface area (TPSA) is 55.8 Å². The Hall–Kier alpha value is -1.14. The van der Waals surface area contributed by atoms with Crippen LogP contribution in [-0.2, 0) is 19.1 Å². The van der Waals surface area contributed by atoms with Gasteiger partial charge in [0.1, 0.15) is 8.24 Å². The van der Waals surface area contributed by atoms with Crippen LogP contribution >= 0.6 is 0 Å². The summed E-state index contributed by atoms with van der Waals surface area (Å²) in [5, 5.41) is 0. The zero-order valence-corrected chi connectivity index (χ0v) is 12.7. The van der Waals surface area contributed by atoms with Gasteiger partial charge in [0.2, 0.25) is 0 Å². The monoisotopic (exact) mass is 273 g/mol. The Morgan fingerprint density at radius 3 is 1.78 bits per heavy atom. The number of nitrogens with zero attached hydrogens (tertiary/aromatic N) is 1. The predicted molar refractivity (Wildman–Crippen MR) is 72.5 cm³/mol. The first-order valence-corrected chi connectivity index (χ1v) is 9.09. The summed E-state index contributed by atoms with van der Waals surface area (Å²) in [6, 6.07) is 0. The Kier molecular flexibility index (Phi) is 7.53. The van der Waals surface area contributed by atoms with Gasteiger partial charge in [0.15, 0.2) is 0 Å². The Bertz CT molecular complexity index is 284. The molecular formula is C12H23NO4Si. The molecule has 0 saturated heterocycles. The minimum Gasteiger partial charge on any atom is -0.465 e. The first kappa shape index (κ1) is 16.9. The van der Waals surface area contributed by atoms with Crippen molar-refractivity contribution in [1.82, 2.24) is 4.57 Å². The van der Waals surface area contributed by atoms with Crippen molar-refractivity contribution in [3.05, 3.63) is 12.3 Å². The summed E-state index contributed by atoms with van der Waals surface area (Å²) in [6.45, 7) is 12.2. The van der Waals surface area contributed by atoms with Crippen LogP contribution in [0.5, 0.6) is 0 Å². The molecular weight excluding hydrogens is 250 g/mol. The van der Waals surface area contributed by atoms with Crippen LogP contribution in [0.25, 0.3) is 0 Å². The maximum Gasteiger partial charge on any atom is 0.319 e. The fraction of sp³-hybridized carbons (Fsp3) is 0.667. The van der Waals surface area contributed by atoms with Crippen LogP contribution in [0.4, 0.5) is 0 Å². The SMILES string of the molecule is C=C[Si](C)(C)N(CC(=O)OCC)CC(=O)OCC. The third-order valence-electron chi connectivity index (χ3n) is 2.57. The van der Waals surface area contributed by atoms with E-state index >= 15 is 0 Å². The molecule has 0 bridgehead atoms. The van der Waals surface area contributed by atoms with E-state index in [1.54, 1.807) is 13.8 Å². The average Bonchev–Trinajstić information content (AvgIpc) is 2.28. The van der Waals surface area contributed by atoms with Crippen LogP contribution in [0.3, 0.4) is 0 Å². The zero-order valence-electron chi connectivity index (χ0n) is 11.7. The molecule has 0 rings (SSSR count).